The average molecular weight is 191 g/mol. The molecule has 4 nitrogen and oxygen atoms in total. The van der Waals surface area contributed by atoms with E-state index in [1.54, 1.807) is 24.3 Å². The normalized spacial score (nSPS) is 8.31. The summed E-state index contributed by atoms with van der Waals surface area (Å²) in [6, 6.07) is 8.86. The number of benzene rings is 1. The summed E-state index contributed by atoms with van der Waals surface area (Å²) in [6.45, 7) is 3.22. The Bertz CT molecular complexity index is 227. The fourth-order valence-corrected chi connectivity index (χ4v) is 0.573. The van der Waals surface area contributed by atoms with Crippen LogP contribution >= 0.6 is 0 Å². The van der Waals surface area contributed by atoms with Crippen molar-refractivity contribution in [3.05, 3.63) is 43.2 Å². The maximum absolute atomic E-state index is 4.61. The van der Waals surface area contributed by atoms with E-state index in [4.69, 9.17) is 0 Å². The zero-order valence-corrected chi connectivity index (χ0v) is 9.30. The van der Waals surface area contributed by atoms with Gasteiger partial charge in [-0.05, 0) is 12.1 Å². The topological polar surface area (TPSA) is 36.9 Å². The van der Waals surface area contributed by atoms with Crippen molar-refractivity contribution >= 4 is 29.6 Å². The van der Waals surface area contributed by atoms with Gasteiger partial charge in [-0.15, -0.1) is 0 Å². The molecular formula is C8H8NaO4. The van der Waals surface area contributed by atoms with Crippen LogP contribution in [0.3, 0.4) is 0 Å². The predicted octanol–water partition coefficient (Wildman–Crippen LogP) is 1.62. The van der Waals surface area contributed by atoms with E-state index in [-0.39, 0.29) is 29.6 Å². The third-order valence-corrected chi connectivity index (χ3v) is 1.01. The minimum atomic E-state index is 0. The second-order valence-corrected chi connectivity index (χ2v) is 1.80. The Labute approximate surface area is 98.1 Å². The van der Waals surface area contributed by atoms with Crippen LogP contribution in [0, 0.1) is 0 Å². The second kappa shape index (κ2) is 8.10. The molecule has 0 heterocycles. The van der Waals surface area contributed by atoms with Gasteiger partial charge in [0.15, 0.2) is 5.75 Å². The quantitative estimate of drug-likeness (QED) is 0.233. The van der Waals surface area contributed by atoms with Crippen LogP contribution in [-0.4, -0.2) is 29.6 Å². The maximum Gasteiger partial charge on any atom is 0.168 e. The van der Waals surface area contributed by atoms with Gasteiger partial charge in [-0.2, -0.15) is 0 Å². The molecule has 1 aromatic carbocycles. The van der Waals surface area contributed by atoms with Gasteiger partial charge in [-0.1, -0.05) is 24.8 Å². The van der Waals surface area contributed by atoms with E-state index in [1.165, 1.54) is 0 Å². The van der Waals surface area contributed by atoms with Crippen molar-refractivity contribution in [3.8, 4) is 5.75 Å². The molecule has 0 bridgehead atoms. The molecule has 0 aromatic heterocycles. The van der Waals surface area contributed by atoms with Crippen molar-refractivity contribution < 1.29 is 19.9 Å². The molecule has 0 N–H and O–H groups in total. The van der Waals surface area contributed by atoms with Gasteiger partial charge < -0.3 is 9.78 Å². The van der Waals surface area contributed by atoms with Crippen LogP contribution in [0.1, 0.15) is 0 Å². The molecule has 13 heavy (non-hydrogen) atoms. The van der Waals surface area contributed by atoms with Gasteiger partial charge in [0.2, 0.25) is 0 Å². The van der Waals surface area contributed by atoms with Gasteiger partial charge in [0.25, 0.3) is 0 Å². The molecule has 1 rings (SSSR count). The van der Waals surface area contributed by atoms with E-state index in [0.29, 0.717) is 5.75 Å². The monoisotopic (exact) mass is 191 g/mol. The van der Waals surface area contributed by atoms with Gasteiger partial charge in [-0.3, -0.25) is 0 Å². The second-order valence-electron chi connectivity index (χ2n) is 1.80. The van der Waals surface area contributed by atoms with Crippen LogP contribution in [-0.2, 0) is 15.0 Å². The summed E-state index contributed by atoms with van der Waals surface area (Å²) in [6.07, 6.45) is 1.06. The minimum Gasteiger partial charge on any atom is -0.314 e. The standard InChI is InChI=1S/C8H8O4.Na/c1-2-9-11-12-10-8-6-4-3-5-7-8;/h2-7H,1H2;. The zero-order chi connectivity index (χ0) is 8.65. The molecule has 0 saturated heterocycles. The Morgan fingerprint density at radius 3 is 2.38 bits per heavy atom. The largest absolute Gasteiger partial charge is 0.314 e. The summed E-state index contributed by atoms with van der Waals surface area (Å²) in [4.78, 5) is 8.78. The summed E-state index contributed by atoms with van der Waals surface area (Å²) < 4.78 is 0. The van der Waals surface area contributed by atoms with Crippen LogP contribution in [0.4, 0.5) is 0 Å². The number of hydrogen-bond acceptors (Lipinski definition) is 4. The SMILES string of the molecule is C=COOOOc1ccccc1.[Na]. The van der Waals surface area contributed by atoms with E-state index in [1.807, 2.05) is 6.07 Å². The van der Waals surface area contributed by atoms with E-state index in [2.05, 4.69) is 26.4 Å². The van der Waals surface area contributed by atoms with Gasteiger partial charge in [0.05, 0.1) is 0 Å². The van der Waals surface area contributed by atoms with Crippen LogP contribution in [0.5, 0.6) is 5.75 Å². The molecule has 0 spiro atoms. The minimum absolute atomic E-state index is 0. The van der Waals surface area contributed by atoms with Crippen LogP contribution in [0.2, 0.25) is 0 Å². The van der Waals surface area contributed by atoms with E-state index in [9.17, 15) is 0 Å². The Kier molecular flexibility index (Phi) is 7.77. The molecule has 65 valence electrons. The van der Waals surface area contributed by atoms with E-state index in [0.717, 1.165) is 6.26 Å². The number of rotatable bonds is 5. The number of hydrogen-bond donors (Lipinski definition) is 0. The molecule has 0 saturated carbocycles. The molecule has 0 atom stereocenters. The Morgan fingerprint density at radius 2 is 1.77 bits per heavy atom. The third kappa shape index (κ3) is 5.68. The van der Waals surface area contributed by atoms with Crippen molar-refractivity contribution in [3.63, 3.8) is 0 Å². The van der Waals surface area contributed by atoms with Crippen molar-refractivity contribution in [2.24, 2.45) is 0 Å². The molecule has 0 amide bonds. The molecule has 5 heteroatoms. The van der Waals surface area contributed by atoms with Crippen molar-refractivity contribution in [1.29, 1.82) is 0 Å². The Hall–Kier alpha value is -0.520. The molecule has 0 unspecified atom stereocenters. The maximum atomic E-state index is 4.61. The summed E-state index contributed by atoms with van der Waals surface area (Å²) in [7, 11) is 0. The molecular weight excluding hydrogens is 183 g/mol. The summed E-state index contributed by atoms with van der Waals surface area (Å²) in [5, 5.41) is 8.21. The van der Waals surface area contributed by atoms with Gasteiger partial charge in [-0.25, -0.2) is 0 Å². The third-order valence-electron chi connectivity index (χ3n) is 1.01. The van der Waals surface area contributed by atoms with Crippen molar-refractivity contribution in [2.75, 3.05) is 0 Å². The Morgan fingerprint density at radius 1 is 1.08 bits per heavy atom. The van der Waals surface area contributed by atoms with Crippen LogP contribution in [0.15, 0.2) is 43.2 Å². The molecule has 1 aromatic rings. The first-order valence-corrected chi connectivity index (χ1v) is 3.26. The average Bonchev–Trinajstić information content (AvgIpc) is 2.14. The van der Waals surface area contributed by atoms with Crippen molar-refractivity contribution in [1.82, 2.24) is 0 Å². The van der Waals surface area contributed by atoms with Crippen LogP contribution in [0.25, 0.3) is 0 Å². The molecule has 0 aliphatic carbocycles. The molecule has 0 fully saturated rings. The van der Waals surface area contributed by atoms with E-state index < -0.39 is 0 Å². The first-order valence-electron chi connectivity index (χ1n) is 3.26. The van der Waals surface area contributed by atoms with Gasteiger partial charge in [0, 0.05) is 39.6 Å². The smallest absolute Gasteiger partial charge is 0.168 e. The number of para-hydroxylation sites is 1. The fourth-order valence-electron chi connectivity index (χ4n) is 0.573. The molecule has 0 aliphatic heterocycles. The fraction of sp³-hybridized carbons (Fsp3) is 0. The first-order chi connectivity index (χ1) is 5.93. The summed E-state index contributed by atoms with van der Waals surface area (Å²) in [5.74, 6) is 0.519. The summed E-state index contributed by atoms with van der Waals surface area (Å²) >= 11 is 0. The summed E-state index contributed by atoms with van der Waals surface area (Å²) in [5.41, 5.74) is 0. The zero-order valence-electron chi connectivity index (χ0n) is 7.30. The van der Waals surface area contributed by atoms with Crippen LogP contribution < -0.4 is 4.89 Å². The predicted molar refractivity (Wildman–Crippen MR) is 46.3 cm³/mol. The molecule has 0 aliphatic rings. The van der Waals surface area contributed by atoms with Crippen molar-refractivity contribution in [2.45, 2.75) is 0 Å². The Balaban J connectivity index is 0.00000144. The first kappa shape index (κ1) is 12.5. The van der Waals surface area contributed by atoms with Gasteiger partial charge in [0.1, 0.15) is 6.26 Å². The van der Waals surface area contributed by atoms with E-state index >= 15 is 0 Å². The van der Waals surface area contributed by atoms with Gasteiger partial charge >= 0.3 is 0 Å². The molecule has 1 radical (unpaired) electrons.